The summed E-state index contributed by atoms with van der Waals surface area (Å²) in [6.07, 6.45) is 5.17. The van der Waals surface area contributed by atoms with Gasteiger partial charge in [0.2, 0.25) is 0 Å². The molecule has 0 radical (unpaired) electrons. The van der Waals surface area contributed by atoms with E-state index in [9.17, 15) is 0 Å². The average Bonchev–Trinajstić information content (AvgIpc) is 2.90. The van der Waals surface area contributed by atoms with E-state index in [1.54, 1.807) is 6.20 Å². The van der Waals surface area contributed by atoms with Gasteiger partial charge in [-0.1, -0.05) is 18.1 Å². The number of nitrogens with zero attached hydrogens (tertiary/aromatic N) is 3. The van der Waals surface area contributed by atoms with Crippen molar-refractivity contribution in [1.29, 1.82) is 0 Å². The number of piperidine rings is 1. The maximum Gasteiger partial charge on any atom is 0.176 e. The molecule has 0 N–H and O–H groups in total. The highest BCUT2D eigenvalue weighted by Gasteiger charge is 2.28. The molecule has 4 heteroatoms. The van der Waals surface area contributed by atoms with Crippen LogP contribution in [0.4, 0.5) is 0 Å². The predicted molar refractivity (Wildman–Crippen MR) is 70.1 cm³/mol. The minimum absolute atomic E-state index is 0.000509. The fourth-order valence-electron chi connectivity index (χ4n) is 2.54. The van der Waals surface area contributed by atoms with Crippen LogP contribution in [0.2, 0.25) is 0 Å². The van der Waals surface area contributed by atoms with Crippen LogP contribution in [0, 0.1) is 5.92 Å². The van der Waals surface area contributed by atoms with Gasteiger partial charge in [-0.05, 0) is 30.9 Å². The zero-order valence-corrected chi connectivity index (χ0v) is 10.7. The Labute approximate surface area is 108 Å². The number of rotatable bonds is 1. The molecule has 1 saturated heterocycles. The second-order valence-electron chi connectivity index (χ2n) is 5.23. The molecule has 3 heterocycles. The normalized spacial score (nSPS) is 24.8. The molecule has 18 heavy (non-hydrogen) atoms. The van der Waals surface area contributed by atoms with Crippen LogP contribution in [0.3, 0.4) is 0 Å². The third-order valence-electron chi connectivity index (χ3n) is 3.82. The Morgan fingerprint density at radius 1 is 1.28 bits per heavy atom. The second kappa shape index (κ2) is 4.96. The molecule has 0 spiro atoms. The van der Waals surface area contributed by atoms with Crippen molar-refractivity contribution >= 4 is 5.84 Å². The molecule has 0 bridgehead atoms. The Hall–Kier alpha value is -1.58. The van der Waals surface area contributed by atoms with E-state index in [4.69, 9.17) is 4.84 Å². The van der Waals surface area contributed by atoms with Crippen LogP contribution in [0.15, 0.2) is 29.6 Å². The number of oxime groups is 1. The maximum absolute atomic E-state index is 5.52. The van der Waals surface area contributed by atoms with Gasteiger partial charge in [-0.25, -0.2) is 0 Å². The van der Waals surface area contributed by atoms with Gasteiger partial charge < -0.3 is 9.74 Å². The first kappa shape index (κ1) is 11.5. The van der Waals surface area contributed by atoms with Crippen LogP contribution in [-0.4, -0.2) is 28.8 Å². The lowest BCUT2D eigenvalue weighted by Crippen LogP contribution is -2.37. The summed E-state index contributed by atoms with van der Waals surface area (Å²) >= 11 is 0. The van der Waals surface area contributed by atoms with E-state index in [0.717, 1.165) is 37.0 Å². The number of aromatic nitrogens is 1. The molecule has 96 valence electrons. The second-order valence-corrected chi connectivity index (χ2v) is 5.23. The summed E-state index contributed by atoms with van der Waals surface area (Å²) in [6.45, 7) is 4.54. The van der Waals surface area contributed by atoms with Gasteiger partial charge in [-0.3, -0.25) is 4.98 Å². The fraction of sp³-hybridized carbons (Fsp3) is 0.571. The SMILES string of the molecule is CC1CCN(C2=NOC(c3ccccn3)C2)CC1. The molecule has 0 saturated carbocycles. The van der Waals surface area contributed by atoms with E-state index in [1.165, 1.54) is 12.8 Å². The van der Waals surface area contributed by atoms with Crippen LogP contribution in [0.25, 0.3) is 0 Å². The quantitative estimate of drug-likeness (QED) is 0.763. The lowest BCUT2D eigenvalue weighted by molar-refractivity contribution is 0.0823. The van der Waals surface area contributed by atoms with Gasteiger partial charge in [0.05, 0.1) is 12.1 Å². The number of amidine groups is 1. The minimum atomic E-state index is 0.000509. The summed E-state index contributed by atoms with van der Waals surface area (Å²) in [5.74, 6) is 1.94. The first-order chi connectivity index (χ1) is 8.83. The van der Waals surface area contributed by atoms with Crippen LogP contribution >= 0.6 is 0 Å². The largest absolute Gasteiger partial charge is 0.384 e. The monoisotopic (exact) mass is 245 g/mol. The average molecular weight is 245 g/mol. The molecule has 3 rings (SSSR count). The number of hydrogen-bond donors (Lipinski definition) is 0. The Morgan fingerprint density at radius 3 is 2.83 bits per heavy atom. The Balaban J connectivity index is 1.61. The molecule has 0 aromatic carbocycles. The summed E-state index contributed by atoms with van der Waals surface area (Å²) in [5.41, 5.74) is 0.974. The number of likely N-dealkylation sites (tertiary alicyclic amines) is 1. The van der Waals surface area contributed by atoms with E-state index in [2.05, 4.69) is 22.0 Å². The van der Waals surface area contributed by atoms with E-state index in [0.29, 0.717) is 0 Å². The van der Waals surface area contributed by atoms with E-state index in [1.807, 2.05) is 18.2 Å². The molecule has 1 fully saturated rings. The van der Waals surface area contributed by atoms with Crippen LogP contribution in [-0.2, 0) is 4.84 Å². The molecular weight excluding hydrogens is 226 g/mol. The summed E-state index contributed by atoms with van der Waals surface area (Å²) in [6, 6.07) is 5.92. The molecule has 1 unspecified atom stereocenters. The Morgan fingerprint density at radius 2 is 2.11 bits per heavy atom. The van der Waals surface area contributed by atoms with Gasteiger partial charge in [-0.15, -0.1) is 0 Å². The third-order valence-corrected chi connectivity index (χ3v) is 3.82. The van der Waals surface area contributed by atoms with Gasteiger partial charge in [0.25, 0.3) is 0 Å². The smallest absolute Gasteiger partial charge is 0.176 e. The highest BCUT2D eigenvalue weighted by molar-refractivity contribution is 5.83. The van der Waals surface area contributed by atoms with Crippen molar-refractivity contribution in [3.63, 3.8) is 0 Å². The van der Waals surface area contributed by atoms with Crippen molar-refractivity contribution in [2.45, 2.75) is 32.3 Å². The Bertz CT molecular complexity index is 424. The van der Waals surface area contributed by atoms with E-state index < -0.39 is 0 Å². The maximum atomic E-state index is 5.52. The summed E-state index contributed by atoms with van der Waals surface area (Å²) < 4.78 is 0. The Kier molecular flexibility index (Phi) is 3.17. The molecule has 1 aromatic rings. The molecular formula is C14H19N3O. The molecule has 2 aliphatic heterocycles. The van der Waals surface area contributed by atoms with Gasteiger partial charge in [0.15, 0.2) is 6.10 Å². The molecule has 1 atom stereocenters. The first-order valence-corrected chi connectivity index (χ1v) is 6.71. The predicted octanol–water partition coefficient (Wildman–Crippen LogP) is 2.59. The van der Waals surface area contributed by atoms with Gasteiger partial charge in [-0.2, -0.15) is 0 Å². The standard InChI is InChI=1S/C14H19N3O/c1-11-5-8-17(9-6-11)14-10-13(18-16-14)12-4-2-3-7-15-12/h2-4,7,11,13H,5-6,8-10H2,1H3. The first-order valence-electron chi connectivity index (χ1n) is 6.71. The van der Waals surface area contributed by atoms with E-state index >= 15 is 0 Å². The fourth-order valence-corrected chi connectivity index (χ4v) is 2.54. The van der Waals surface area contributed by atoms with E-state index in [-0.39, 0.29) is 6.10 Å². The van der Waals surface area contributed by atoms with Crippen molar-refractivity contribution < 1.29 is 4.84 Å². The number of pyridine rings is 1. The third kappa shape index (κ3) is 2.33. The summed E-state index contributed by atoms with van der Waals surface area (Å²) in [5, 5.41) is 4.24. The molecule has 2 aliphatic rings. The molecule has 0 aliphatic carbocycles. The summed E-state index contributed by atoms with van der Waals surface area (Å²) in [7, 11) is 0. The highest BCUT2D eigenvalue weighted by atomic mass is 16.6. The van der Waals surface area contributed by atoms with Gasteiger partial charge in [0.1, 0.15) is 5.84 Å². The van der Waals surface area contributed by atoms with Crippen LogP contribution in [0.5, 0.6) is 0 Å². The molecule has 0 amide bonds. The van der Waals surface area contributed by atoms with Crippen molar-refractivity contribution in [3.8, 4) is 0 Å². The zero-order chi connectivity index (χ0) is 12.4. The van der Waals surface area contributed by atoms with Gasteiger partial charge in [0, 0.05) is 19.3 Å². The van der Waals surface area contributed by atoms with Gasteiger partial charge >= 0.3 is 0 Å². The lowest BCUT2D eigenvalue weighted by Gasteiger charge is -2.31. The zero-order valence-electron chi connectivity index (χ0n) is 10.7. The van der Waals surface area contributed by atoms with Crippen LogP contribution in [0.1, 0.15) is 38.0 Å². The molecule has 1 aromatic heterocycles. The van der Waals surface area contributed by atoms with Crippen molar-refractivity contribution in [1.82, 2.24) is 9.88 Å². The minimum Gasteiger partial charge on any atom is -0.384 e. The molecule has 4 nitrogen and oxygen atoms in total. The summed E-state index contributed by atoms with van der Waals surface area (Å²) in [4.78, 5) is 12.2. The van der Waals surface area contributed by atoms with Crippen molar-refractivity contribution in [3.05, 3.63) is 30.1 Å². The topological polar surface area (TPSA) is 37.7 Å². The van der Waals surface area contributed by atoms with Crippen LogP contribution < -0.4 is 0 Å². The highest BCUT2D eigenvalue weighted by Crippen LogP contribution is 2.28. The van der Waals surface area contributed by atoms with Crippen molar-refractivity contribution in [2.24, 2.45) is 11.1 Å². The van der Waals surface area contributed by atoms with Crippen molar-refractivity contribution in [2.75, 3.05) is 13.1 Å². The number of hydrogen-bond acceptors (Lipinski definition) is 4. The lowest BCUT2D eigenvalue weighted by atomic mass is 9.98.